The zero-order chi connectivity index (χ0) is 23.7. The molecule has 4 aromatic rings. The van der Waals surface area contributed by atoms with E-state index in [4.69, 9.17) is 26.1 Å². The molecule has 4 rings (SSSR count). The minimum absolute atomic E-state index is 0.180. The summed E-state index contributed by atoms with van der Waals surface area (Å²) in [5, 5.41) is 5.79. The van der Waals surface area contributed by atoms with Crippen molar-refractivity contribution >= 4 is 44.2 Å². The van der Waals surface area contributed by atoms with Crippen molar-refractivity contribution in [3.05, 3.63) is 63.9 Å². The highest BCUT2D eigenvalue weighted by molar-refractivity contribution is 7.22. The third-order valence-electron chi connectivity index (χ3n) is 5.48. The topological polar surface area (TPSA) is 69.5 Å². The summed E-state index contributed by atoms with van der Waals surface area (Å²) in [4.78, 5) is 20.2. The summed E-state index contributed by atoms with van der Waals surface area (Å²) in [6.45, 7) is 6.83. The molecule has 0 unspecified atom stereocenters. The van der Waals surface area contributed by atoms with E-state index in [2.05, 4.69) is 5.10 Å². The Morgan fingerprint density at radius 1 is 1.09 bits per heavy atom. The minimum atomic E-state index is -0.180. The van der Waals surface area contributed by atoms with Gasteiger partial charge in [-0.1, -0.05) is 22.9 Å². The Morgan fingerprint density at radius 2 is 1.85 bits per heavy atom. The predicted molar refractivity (Wildman–Crippen MR) is 132 cm³/mol. The second kappa shape index (κ2) is 9.41. The lowest BCUT2D eigenvalue weighted by Crippen LogP contribution is -2.34. The summed E-state index contributed by atoms with van der Waals surface area (Å²) in [5.41, 5.74) is 4.16. The smallest absolute Gasteiger partial charge is 0.260 e. The van der Waals surface area contributed by atoms with Gasteiger partial charge in [0.15, 0.2) is 16.6 Å². The molecule has 0 saturated carbocycles. The third kappa shape index (κ3) is 4.54. The van der Waals surface area contributed by atoms with Crippen molar-refractivity contribution in [2.45, 2.75) is 27.3 Å². The van der Waals surface area contributed by atoms with E-state index in [-0.39, 0.29) is 5.91 Å². The lowest BCUT2D eigenvalue weighted by Gasteiger charge is -2.21. The molecule has 2 heterocycles. The lowest BCUT2D eigenvalue weighted by atomic mass is 10.1. The molecule has 9 heteroatoms. The Kier molecular flexibility index (Phi) is 6.58. The number of halogens is 1. The highest BCUT2D eigenvalue weighted by Crippen LogP contribution is 2.35. The SMILES string of the molecule is COc1ccc(C(=O)N(CCn2nc(C)cc2C)c2nc3c(C)c(Cl)ccc3s2)cc1OC. The monoisotopic (exact) mass is 484 g/mol. The van der Waals surface area contributed by atoms with E-state index in [0.29, 0.717) is 40.3 Å². The van der Waals surface area contributed by atoms with Crippen LogP contribution in [0.1, 0.15) is 27.3 Å². The van der Waals surface area contributed by atoms with Gasteiger partial charge in [-0.3, -0.25) is 14.4 Å². The summed E-state index contributed by atoms with van der Waals surface area (Å²) in [6.07, 6.45) is 0. The van der Waals surface area contributed by atoms with E-state index in [1.165, 1.54) is 11.3 Å². The number of anilines is 1. The maximum Gasteiger partial charge on any atom is 0.260 e. The summed E-state index contributed by atoms with van der Waals surface area (Å²) >= 11 is 7.77. The van der Waals surface area contributed by atoms with Gasteiger partial charge in [-0.15, -0.1) is 0 Å². The molecule has 0 atom stereocenters. The predicted octanol–water partition coefficient (Wildman–Crippen LogP) is 5.44. The summed E-state index contributed by atoms with van der Waals surface area (Å²) in [5.74, 6) is 0.877. The number of nitrogens with zero attached hydrogens (tertiary/aromatic N) is 4. The van der Waals surface area contributed by atoms with E-state index in [9.17, 15) is 4.79 Å². The summed E-state index contributed by atoms with van der Waals surface area (Å²) < 4.78 is 13.6. The highest BCUT2D eigenvalue weighted by Gasteiger charge is 2.23. The maximum absolute atomic E-state index is 13.7. The van der Waals surface area contributed by atoms with Crippen LogP contribution in [0.25, 0.3) is 10.2 Å². The Bertz CT molecular complexity index is 1330. The van der Waals surface area contributed by atoms with Crippen molar-refractivity contribution in [3.63, 3.8) is 0 Å². The fourth-order valence-electron chi connectivity index (χ4n) is 3.71. The molecule has 1 amide bonds. The van der Waals surface area contributed by atoms with Crippen molar-refractivity contribution in [2.24, 2.45) is 0 Å². The van der Waals surface area contributed by atoms with E-state index in [1.807, 2.05) is 43.7 Å². The number of hydrogen-bond donors (Lipinski definition) is 0. The number of carbonyl (C=O) groups excluding carboxylic acids is 1. The van der Waals surface area contributed by atoms with Crippen molar-refractivity contribution < 1.29 is 14.3 Å². The molecule has 0 aliphatic carbocycles. The lowest BCUT2D eigenvalue weighted by molar-refractivity contribution is 0.0985. The van der Waals surface area contributed by atoms with Gasteiger partial charge in [0.1, 0.15) is 0 Å². The van der Waals surface area contributed by atoms with Crippen LogP contribution in [0.2, 0.25) is 5.02 Å². The van der Waals surface area contributed by atoms with Crippen molar-refractivity contribution in [1.82, 2.24) is 14.8 Å². The Labute approximate surface area is 201 Å². The van der Waals surface area contributed by atoms with Gasteiger partial charge < -0.3 is 9.47 Å². The number of thiazole rings is 1. The number of ether oxygens (including phenoxy) is 2. The average molecular weight is 485 g/mol. The molecule has 2 aromatic heterocycles. The average Bonchev–Trinajstić information content (AvgIpc) is 3.38. The molecule has 2 aromatic carbocycles. The van der Waals surface area contributed by atoms with Gasteiger partial charge in [-0.25, -0.2) is 4.98 Å². The van der Waals surface area contributed by atoms with E-state index < -0.39 is 0 Å². The number of methoxy groups -OCH3 is 2. The number of fused-ring (bicyclic) bond motifs is 1. The van der Waals surface area contributed by atoms with Gasteiger partial charge >= 0.3 is 0 Å². The second-order valence-corrected chi connectivity index (χ2v) is 9.11. The van der Waals surface area contributed by atoms with Crippen LogP contribution in [-0.4, -0.2) is 41.4 Å². The fourth-order valence-corrected chi connectivity index (χ4v) is 4.91. The van der Waals surface area contributed by atoms with Crippen molar-refractivity contribution in [2.75, 3.05) is 25.7 Å². The van der Waals surface area contributed by atoms with Crippen LogP contribution in [0.4, 0.5) is 5.13 Å². The normalized spacial score (nSPS) is 11.1. The quantitative estimate of drug-likeness (QED) is 0.349. The summed E-state index contributed by atoms with van der Waals surface area (Å²) in [7, 11) is 3.11. The molecular formula is C24H25ClN4O3S. The van der Waals surface area contributed by atoms with E-state index in [1.54, 1.807) is 37.3 Å². The molecule has 0 bridgehead atoms. The van der Waals surface area contributed by atoms with E-state index >= 15 is 0 Å². The molecular weight excluding hydrogens is 460 g/mol. The van der Waals surface area contributed by atoms with Crippen LogP contribution in [0.5, 0.6) is 11.5 Å². The number of rotatable bonds is 7. The van der Waals surface area contributed by atoms with Crippen LogP contribution >= 0.6 is 22.9 Å². The van der Waals surface area contributed by atoms with Gasteiger partial charge in [-0.2, -0.15) is 5.10 Å². The number of amides is 1. The van der Waals surface area contributed by atoms with Crippen LogP contribution in [0, 0.1) is 20.8 Å². The van der Waals surface area contributed by atoms with Gasteiger partial charge in [0, 0.05) is 22.8 Å². The number of carbonyl (C=O) groups is 1. The van der Waals surface area contributed by atoms with Crippen LogP contribution in [0.3, 0.4) is 0 Å². The Balaban J connectivity index is 1.74. The number of benzene rings is 2. The molecule has 0 fully saturated rings. The number of aryl methyl sites for hydroxylation is 3. The Hall–Kier alpha value is -3.10. The van der Waals surface area contributed by atoms with Gasteiger partial charge in [-0.05, 0) is 62.7 Å². The van der Waals surface area contributed by atoms with E-state index in [0.717, 1.165) is 27.2 Å². The first-order valence-electron chi connectivity index (χ1n) is 10.4. The van der Waals surface area contributed by atoms with Crippen LogP contribution in [-0.2, 0) is 6.54 Å². The zero-order valence-corrected chi connectivity index (χ0v) is 20.8. The van der Waals surface area contributed by atoms with Gasteiger partial charge in [0.25, 0.3) is 5.91 Å². The summed E-state index contributed by atoms with van der Waals surface area (Å²) in [6, 6.07) is 11.0. The molecule has 172 valence electrons. The Morgan fingerprint density at radius 3 is 2.52 bits per heavy atom. The maximum atomic E-state index is 13.7. The first kappa shape index (κ1) is 23.1. The largest absolute Gasteiger partial charge is 0.493 e. The minimum Gasteiger partial charge on any atom is -0.493 e. The first-order chi connectivity index (χ1) is 15.8. The zero-order valence-electron chi connectivity index (χ0n) is 19.2. The number of aromatic nitrogens is 3. The molecule has 0 aliphatic heterocycles. The highest BCUT2D eigenvalue weighted by atomic mass is 35.5. The molecule has 33 heavy (non-hydrogen) atoms. The molecule has 0 aliphatic rings. The third-order valence-corrected chi connectivity index (χ3v) is 6.93. The standard InChI is InChI=1S/C24H25ClN4O3S/c1-14-12-15(2)29(27-14)11-10-28(23(30)17-6-8-19(31-4)20(13-17)32-5)24-26-22-16(3)18(25)7-9-21(22)33-24/h6-9,12-13H,10-11H2,1-5H3. The second-order valence-electron chi connectivity index (χ2n) is 7.69. The van der Waals surface area contributed by atoms with Crippen LogP contribution in [0.15, 0.2) is 36.4 Å². The molecule has 0 spiro atoms. The first-order valence-corrected chi connectivity index (χ1v) is 11.6. The van der Waals surface area contributed by atoms with Crippen molar-refractivity contribution in [1.29, 1.82) is 0 Å². The number of hydrogen-bond acceptors (Lipinski definition) is 6. The molecule has 0 N–H and O–H groups in total. The van der Waals surface area contributed by atoms with Gasteiger partial charge in [0.2, 0.25) is 0 Å². The van der Waals surface area contributed by atoms with Crippen molar-refractivity contribution in [3.8, 4) is 11.5 Å². The molecule has 0 saturated heterocycles. The van der Waals surface area contributed by atoms with Crippen LogP contribution < -0.4 is 14.4 Å². The van der Waals surface area contributed by atoms with Gasteiger partial charge in [0.05, 0.1) is 36.7 Å². The fraction of sp³-hybridized carbons (Fsp3) is 0.292. The molecule has 0 radical (unpaired) electrons. The molecule has 7 nitrogen and oxygen atoms in total.